The minimum absolute atomic E-state index is 0.943. The maximum Gasteiger partial charge on any atom is 0.225 e. The normalized spacial score (nSPS) is 21.4. The summed E-state index contributed by atoms with van der Waals surface area (Å²) in [5.74, 6) is 0.943. The van der Waals surface area contributed by atoms with Gasteiger partial charge in [-0.25, -0.2) is 9.97 Å². The van der Waals surface area contributed by atoms with Crippen molar-refractivity contribution in [1.82, 2.24) is 14.9 Å². The van der Waals surface area contributed by atoms with E-state index in [1.54, 1.807) is 0 Å². The van der Waals surface area contributed by atoms with E-state index in [0.717, 1.165) is 38.5 Å². The first-order chi connectivity index (χ1) is 8.33. The van der Waals surface area contributed by atoms with E-state index in [1.807, 2.05) is 0 Å². The Bertz CT molecular complexity index is 396. The first kappa shape index (κ1) is 11.0. The van der Waals surface area contributed by atoms with Gasteiger partial charge in [0, 0.05) is 38.1 Å². The predicted octanol–water partition coefficient (Wildman–Crippen LogP) is 1.11. The lowest BCUT2D eigenvalue weighted by molar-refractivity contribution is 0.311. The van der Waals surface area contributed by atoms with E-state index in [-0.39, 0.29) is 0 Å². The lowest BCUT2D eigenvalue weighted by Crippen LogP contribution is -2.45. The van der Waals surface area contributed by atoms with Crippen LogP contribution in [0.1, 0.15) is 24.1 Å². The van der Waals surface area contributed by atoms with Crippen molar-refractivity contribution in [1.29, 1.82) is 0 Å². The van der Waals surface area contributed by atoms with E-state index in [1.165, 1.54) is 30.5 Å². The highest BCUT2D eigenvalue weighted by Gasteiger charge is 2.18. The van der Waals surface area contributed by atoms with Crippen molar-refractivity contribution in [2.45, 2.75) is 25.7 Å². The van der Waals surface area contributed by atoms with Crippen LogP contribution in [0.2, 0.25) is 0 Å². The maximum atomic E-state index is 4.76. The molecule has 4 nitrogen and oxygen atoms in total. The van der Waals surface area contributed by atoms with Gasteiger partial charge in [0.05, 0.1) is 0 Å². The Hall–Kier alpha value is -1.16. The number of hydrogen-bond acceptors (Lipinski definition) is 4. The quantitative estimate of drug-likeness (QED) is 0.726. The molecular formula is C13H20N4. The zero-order valence-electron chi connectivity index (χ0n) is 10.5. The van der Waals surface area contributed by atoms with Crippen molar-refractivity contribution in [3.05, 3.63) is 17.5 Å². The predicted molar refractivity (Wildman–Crippen MR) is 68.4 cm³/mol. The van der Waals surface area contributed by atoms with Crippen molar-refractivity contribution in [2.24, 2.45) is 0 Å². The van der Waals surface area contributed by atoms with Gasteiger partial charge in [0.25, 0.3) is 0 Å². The van der Waals surface area contributed by atoms with Gasteiger partial charge >= 0.3 is 0 Å². The Morgan fingerprint density at radius 1 is 1.06 bits per heavy atom. The number of nitrogens with zero attached hydrogens (tertiary/aromatic N) is 4. The standard InChI is InChI=1S/C13H20N4/c1-16-6-8-17(9-7-16)13-14-10-11-4-2-3-5-12(11)15-13/h10H,2-9H2,1H3. The van der Waals surface area contributed by atoms with E-state index < -0.39 is 0 Å². The van der Waals surface area contributed by atoms with Gasteiger partial charge in [0.1, 0.15) is 0 Å². The molecule has 17 heavy (non-hydrogen) atoms. The molecule has 3 rings (SSSR count). The molecule has 4 heteroatoms. The second-order valence-electron chi connectivity index (χ2n) is 5.14. The van der Waals surface area contributed by atoms with Gasteiger partial charge < -0.3 is 9.80 Å². The topological polar surface area (TPSA) is 32.3 Å². The fourth-order valence-corrected chi connectivity index (χ4v) is 2.62. The second kappa shape index (κ2) is 4.61. The molecule has 0 radical (unpaired) electrons. The first-order valence-electron chi connectivity index (χ1n) is 6.61. The molecule has 0 atom stereocenters. The van der Waals surface area contributed by atoms with Crippen molar-refractivity contribution >= 4 is 5.95 Å². The molecule has 1 aromatic heterocycles. The van der Waals surface area contributed by atoms with Crippen LogP contribution in [-0.4, -0.2) is 48.1 Å². The SMILES string of the molecule is CN1CCN(c2ncc3c(n2)CCCC3)CC1. The van der Waals surface area contributed by atoms with E-state index in [2.05, 4.69) is 28.0 Å². The van der Waals surface area contributed by atoms with Crippen LogP contribution in [0, 0.1) is 0 Å². The van der Waals surface area contributed by atoms with E-state index in [4.69, 9.17) is 4.98 Å². The highest BCUT2D eigenvalue weighted by Crippen LogP contribution is 2.21. The molecule has 0 spiro atoms. The Labute approximate surface area is 103 Å². The fraction of sp³-hybridized carbons (Fsp3) is 0.692. The molecule has 1 fully saturated rings. The average Bonchev–Trinajstić information content (AvgIpc) is 2.39. The molecule has 0 amide bonds. The number of piperazine rings is 1. The molecule has 2 heterocycles. The molecule has 2 aliphatic rings. The molecule has 1 aromatic rings. The van der Waals surface area contributed by atoms with Crippen LogP contribution in [0.15, 0.2) is 6.20 Å². The summed E-state index contributed by atoms with van der Waals surface area (Å²) in [6.45, 7) is 4.32. The lowest BCUT2D eigenvalue weighted by Gasteiger charge is -2.32. The number of aromatic nitrogens is 2. The third-order valence-electron chi connectivity index (χ3n) is 3.84. The third-order valence-corrected chi connectivity index (χ3v) is 3.84. The minimum atomic E-state index is 0.943. The Morgan fingerprint density at radius 2 is 1.82 bits per heavy atom. The summed E-state index contributed by atoms with van der Waals surface area (Å²) in [5, 5.41) is 0. The van der Waals surface area contributed by atoms with Crippen molar-refractivity contribution in [3.8, 4) is 0 Å². The summed E-state index contributed by atoms with van der Waals surface area (Å²) in [5.41, 5.74) is 2.66. The number of aryl methyl sites for hydroxylation is 2. The van der Waals surface area contributed by atoms with Crippen LogP contribution in [-0.2, 0) is 12.8 Å². The van der Waals surface area contributed by atoms with Crippen molar-refractivity contribution in [3.63, 3.8) is 0 Å². The zero-order chi connectivity index (χ0) is 11.7. The van der Waals surface area contributed by atoms with Gasteiger partial charge in [-0.15, -0.1) is 0 Å². The third kappa shape index (κ3) is 2.27. The Kier molecular flexibility index (Phi) is 2.97. The van der Waals surface area contributed by atoms with E-state index in [9.17, 15) is 0 Å². The summed E-state index contributed by atoms with van der Waals surface area (Å²) in [6.07, 6.45) is 6.93. The summed E-state index contributed by atoms with van der Waals surface area (Å²) >= 11 is 0. The van der Waals surface area contributed by atoms with Crippen LogP contribution in [0.5, 0.6) is 0 Å². The molecule has 0 bridgehead atoms. The number of likely N-dealkylation sites (N-methyl/N-ethyl adjacent to an activating group) is 1. The summed E-state index contributed by atoms with van der Waals surface area (Å²) in [6, 6.07) is 0. The Balaban J connectivity index is 1.79. The number of rotatable bonds is 1. The van der Waals surface area contributed by atoms with Crippen LogP contribution < -0.4 is 4.90 Å². The zero-order valence-corrected chi connectivity index (χ0v) is 10.5. The monoisotopic (exact) mass is 232 g/mol. The van der Waals surface area contributed by atoms with E-state index >= 15 is 0 Å². The second-order valence-corrected chi connectivity index (χ2v) is 5.14. The van der Waals surface area contributed by atoms with Gasteiger partial charge in [0.2, 0.25) is 5.95 Å². The number of anilines is 1. The molecule has 92 valence electrons. The average molecular weight is 232 g/mol. The largest absolute Gasteiger partial charge is 0.338 e. The van der Waals surface area contributed by atoms with Crippen LogP contribution in [0.25, 0.3) is 0 Å². The van der Waals surface area contributed by atoms with Crippen LogP contribution >= 0.6 is 0 Å². The highest BCUT2D eigenvalue weighted by atomic mass is 15.3. The lowest BCUT2D eigenvalue weighted by atomic mass is 9.98. The molecule has 1 aliphatic heterocycles. The Morgan fingerprint density at radius 3 is 2.65 bits per heavy atom. The number of fused-ring (bicyclic) bond motifs is 1. The number of hydrogen-bond donors (Lipinski definition) is 0. The van der Waals surface area contributed by atoms with Gasteiger partial charge in [-0.1, -0.05) is 0 Å². The van der Waals surface area contributed by atoms with Crippen LogP contribution in [0.3, 0.4) is 0 Å². The highest BCUT2D eigenvalue weighted by molar-refractivity contribution is 5.34. The van der Waals surface area contributed by atoms with Gasteiger partial charge in [-0.3, -0.25) is 0 Å². The molecular weight excluding hydrogens is 212 g/mol. The smallest absolute Gasteiger partial charge is 0.225 e. The molecule has 0 unspecified atom stereocenters. The summed E-state index contributed by atoms with van der Waals surface area (Å²) in [7, 11) is 2.17. The van der Waals surface area contributed by atoms with Gasteiger partial charge in [-0.05, 0) is 38.3 Å². The minimum Gasteiger partial charge on any atom is -0.338 e. The molecule has 1 saturated heterocycles. The molecule has 0 saturated carbocycles. The molecule has 0 aromatic carbocycles. The fourth-order valence-electron chi connectivity index (χ4n) is 2.62. The van der Waals surface area contributed by atoms with Gasteiger partial charge in [-0.2, -0.15) is 0 Å². The summed E-state index contributed by atoms with van der Waals surface area (Å²) < 4.78 is 0. The van der Waals surface area contributed by atoms with Crippen LogP contribution in [0.4, 0.5) is 5.95 Å². The summed E-state index contributed by atoms with van der Waals surface area (Å²) in [4.78, 5) is 14.0. The molecule has 0 N–H and O–H groups in total. The van der Waals surface area contributed by atoms with Gasteiger partial charge in [0.15, 0.2) is 0 Å². The van der Waals surface area contributed by atoms with Crippen molar-refractivity contribution in [2.75, 3.05) is 38.1 Å². The maximum absolute atomic E-state index is 4.76. The van der Waals surface area contributed by atoms with E-state index in [0.29, 0.717) is 0 Å². The van der Waals surface area contributed by atoms with Crippen molar-refractivity contribution < 1.29 is 0 Å². The molecule has 1 aliphatic carbocycles. The first-order valence-corrected chi connectivity index (χ1v) is 6.61.